The molecule has 1 fully saturated rings. The zero-order valence-corrected chi connectivity index (χ0v) is 13.3. The molecular formula is C13H29N3O2S. The minimum atomic E-state index is -3.10. The second kappa shape index (κ2) is 8.19. The minimum Gasteiger partial charge on any atom is -0.313 e. The van der Waals surface area contributed by atoms with Crippen molar-refractivity contribution in [2.24, 2.45) is 5.92 Å². The van der Waals surface area contributed by atoms with Crippen molar-refractivity contribution in [2.75, 3.05) is 38.5 Å². The minimum absolute atomic E-state index is 0.162. The Morgan fingerprint density at radius 3 is 2.74 bits per heavy atom. The van der Waals surface area contributed by atoms with Gasteiger partial charge < -0.3 is 10.2 Å². The lowest BCUT2D eigenvalue weighted by atomic mass is 9.91. The summed E-state index contributed by atoms with van der Waals surface area (Å²) in [6, 6.07) is 0.381. The summed E-state index contributed by atoms with van der Waals surface area (Å²) < 4.78 is 25.6. The number of nitrogens with one attached hydrogen (secondary N) is 2. The molecule has 5 nitrogen and oxygen atoms in total. The molecular weight excluding hydrogens is 262 g/mol. The maximum absolute atomic E-state index is 11.5. The van der Waals surface area contributed by atoms with Crippen LogP contribution in [0.5, 0.6) is 0 Å². The summed E-state index contributed by atoms with van der Waals surface area (Å²) in [4.78, 5) is 2.47. The van der Waals surface area contributed by atoms with Gasteiger partial charge in [-0.15, -0.1) is 0 Å². The van der Waals surface area contributed by atoms with E-state index in [4.69, 9.17) is 0 Å². The first-order chi connectivity index (χ1) is 8.98. The predicted octanol–water partition coefficient (Wildman–Crippen LogP) is 0.636. The highest BCUT2D eigenvalue weighted by Gasteiger charge is 2.23. The van der Waals surface area contributed by atoms with Gasteiger partial charge in [-0.2, -0.15) is 0 Å². The molecule has 1 heterocycles. The number of sulfonamides is 1. The lowest BCUT2D eigenvalue weighted by Crippen LogP contribution is -2.45. The van der Waals surface area contributed by atoms with Crippen molar-refractivity contribution in [1.82, 2.24) is 14.9 Å². The summed E-state index contributed by atoms with van der Waals surface area (Å²) in [7, 11) is -3.10. The first-order valence-electron chi connectivity index (χ1n) is 7.41. The fourth-order valence-corrected chi connectivity index (χ4v) is 3.64. The lowest BCUT2D eigenvalue weighted by Gasteiger charge is -2.35. The molecule has 1 aliphatic heterocycles. The zero-order valence-electron chi connectivity index (χ0n) is 12.5. The number of hydrogen-bond donors (Lipinski definition) is 2. The van der Waals surface area contributed by atoms with Crippen LogP contribution in [0.15, 0.2) is 0 Å². The average Bonchev–Trinajstić information content (AvgIpc) is 2.38. The molecule has 0 bridgehead atoms. The normalized spacial score (nSPS) is 23.4. The molecule has 1 rings (SSSR count). The summed E-state index contributed by atoms with van der Waals surface area (Å²) in [6.45, 7) is 10.6. The van der Waals surface area contributed by atoms with Crippen molar-refractivity contribution >= 4 is 10.0 Å². The van der Waals surface area contributed by atoms with Crippen LogP contribution < -0.4 is 10.0 Å². The van der Waals surface area contributed by atoms with E-state index < -0.39 is 10.0 Å². The summed E-state index contributed by atoms with van der Waals surface area (Å²) in [5.74, 6) is 0.797. The van der Waals surface area contributed by atoms with Crippen molar-refractivity contribution in [1.29, 1.82) is 0 Å². The Bertz CT molecular complexity index is 346. The number of rotatable bonds is 8. The average molecular weight is 291 g/mol. The molecule has 2 atom stereocenters. The number of hydrogen-bond acceptors (Lipinski definition) is 4. The molecule has 0 saturated carbocycles. The van der Waals surface area contributed by atoms with E-state index in [0.29, 0.717) is 25.0 Å². The van der Waals surface area contributed by atoms with Crippen LogP contribution in [-0.4, -0.2) is 57.8 Å². The molecule has 0 aromatic heterocycles. The summed E-state index contributed by atoms with van der Waals surface area (Å²) in [5.41, 5.74) is 0. The predicted molar refractivity (Wildman–Crippen MR) is 79.8 cm³/mol. The molecule has 1 aliphatic rings. The fourth-order valence-electron chi connectivity index (χ4n) is 2.67. The molecule has 0 aliphatic carbocycles. The monoisotopic (exact) mass is 291 g/mol. The van der Waals surface area contributed by atoms with Gasteiger partial charge >= 0.3 is 0 Å². The van der Waals surface area contributed by atoms with Gasteiger partial charge in [0.1, 0.15) is 0 Å². The summed E-state index contributed by atoms with van der Waals surface area (Å²) in [5, 5.41) is 3.37. The van der Waals surface area contributed by atoms with Gasteiger partial charge in [-0.05, 0) is 38.8 Å². The van der Waals surface area contributed by atoms with E-state index in [1.54, 1.807) is 6.92 Å². The Balaban J connectivity index is 2.29. The van der Waals surface area contributed by atoms with Crippen molar-refractivity contribution in [3.63, 3.8) is 0 Å². The van der Waals surface area contributed by atoms with Gasteiger partial charge in [0.2, 0.25) is 10.0 Å². The third-order valence-corrected chi connectivity index (χ3v) is 5.37. The van der Waals surface area contributed by atoms with E-state index >= 15 is 0 Å². The van der Waals surface area contributed by atoms with Crippen LogP contribution in [0.3, 0.4) is 0 Å². The standard InChI is InChI=1S/C13H29N3O2S/c1-4-15-19(17,18)10-8-14-12(3)13-7-6-9-16(5-2)11-13/h12-15H,4-11H2,1-3H3. The van der Waals surface area contributed by atoms with Gasteiger partial charge in [-0.25, -0.2) is 13.1 Å². The van der Waals surface area contributed by atoms with E-state index in [9.17, 15) is 8.42 Å². The molecule has 0 aromatic carbocycles. The smallest absolute Gasteiger partial charge is 0.212 e. The fraction of sp³-hybridized carbons (Fsp3) is 1.00. The summed E-state index contributed by atoms with van der Waals surface area (Å²) in [6.07, 6.45) is 2.49. The number of piperidine rings is 1. The van der Waals surface area contributed by atoms with Crippen molar-refractivity contribution in [2.45, 2.75) is 39.7 Å². The van der Waals surface area contributed by atoms with Gasteiger partial charge in [-0.1, -0.05) is 13.8 Å². The maximum Gasteiger partial charge on any atom is 0.212 e. The second-order valence-corrected chi connectivity index (χ2v) is 7.28. The van der Waals surface area contributed by atoms with Crippen LogP contribution in [-0.2, 0) is 10.0 Å². The molecule has 1 saturated heterocycles. The first kappa shape index (κ1) is 16.9. The van der Waals surface area contributed by atoms with Crippen LogP contribution in [0, 0.1) is 5.92 Å². The molecule has 0 radical (unpaired) electrons. The topological polar surface area (TPSA) is 61.4 Å². The number of nitrogens with zero attached hydrogens (tertiary/aromatic N) is 1. The van der Waals surface area contributed by atoms with Crippen molar-refractivity contribution < 1.29 is 8.42 Å². The quantitative estimate of drug-likeness (QED) is 0.689. The van der Waals surface area contributed by atoms with Gasteiger partial charge in [0, 0.05) is 25.7 Å². The highest BCUT2D eigenvalue weighted by atomic mass is 32.2. The Labute approximate surface area is 118 Å². The molecule has 2 N–H and O–H groups in total. The lowest BCUT2D eigenvalue weighted by molar-refractivity contribution is 0.158. The Morgan fingerprint density at radius 2 is 2.11 bits per heavy atom. The van der Waals surface area contributed by atoms with E-state index in [-0.39, 0.29) is 5.75 Å². The first-order valence-corrected chi connectivity index (χ1v) is 9.06. The van der Waals surface area contributed by atoms with Crippen LogP contribution >= 0.6 is 0 Å². The van der Waals surface area contributed by atoms with Crippen LogP contribution in [0.25, 0.3) is 0 Å². The molecule has 114 valence electrons. The van der Waals surface area contributed by atoms with Gasteiger partial charge in [0.15, 0.2) is 0 Å². The van der Waals surface area contributed by atoms with Crippen molar-refractivity contribution in [3.8, 4) is 0 Å². The van der Waals surface area contributed by atoms with Gasteiger partial charge in [-0.3, -0.25) is 0 Å². The highest BCUT2D eigenvalue weighted by molar-refractivity contribution is 7.89. The van der Waals surface area contributed by atoms with E-state index in [1.165, 1.54) is 19.4 Å². The molecule has 0 spiro atoms. The Hall–Kier alpha value is -0.170. The van der Waals surface area contributed by atoms with Crippen LogP contribution in [0.4, 0.5) is 0 Å². The Morgan fingerprint density at radius 1 is 1.37 bits per heavy atom. The van der Waals surface area contributed by atoms with Crippen LogP contribution in [0.2, 0.25) is 0 Å². The molecule has 19 heavy (non-hydrogen) atoms. The van der Waals surface area contributed by atoms with E-state index in [0.717, 1.165) is 13.1 Å². The maximum atomic E-state index is 11.5. The largest absolute Gasteiger partial charge is 0.313 e. The molecule has 6 heteroatoms. The number of likely N-dealkylation sites (tertiary alicyclic amines) is 1. The summed E-state index contributed by atoms with van der Waals surface area (Å²) >= 11 is 0. The van der Waals surface area contributed by atoms with Crippen molar-refractivity contribution in [3.05, 3.63) is 0 Å². The zero-order chi connectivity index (χ0) is 14.3. The molecule has 0 amide bonds. The second-order valence-electron chi connectivity index (χ2n) is 5.36. The Kier molecular flexibility index (Phi) is 7.28. The van der Waals surface area contributed by atoms with E-state index in [2.05, 4.69) is 28.8 Å². The third-order valence-electron chi connectivity index (χ3n) is 3.90. The SMILES string of the molecule is CCNS(=O)(=O)CCNC(C)C1CCCN(CC)C1. The van der Waals surface area contributed by atoms with Gasteiger partial charge in [0.05, 0.1) is 5.75 Å². The molecule has 2 unspecified atom stereocenters. The third kappa shape index (κ3) is 6.21. The highest BCUT2D eigenvalue weighted by Crippen LogP contribution is 2.19. The van der Waals surface area contributed by atoms with Crippen LogP contribution in [0.1, 0.15) is 33.6 Å². The van der Waals surface area contributed by atoms with Gasteiger partial charge in [0.25, 0.3) is 0 Å². The van der Waals surface area contributed by atoms with E-state index in [1.807, 2.05) is 0 Å². The molecule has 0 aromatic rings.